The molecule has 31 heavy (non-hydrogen) atoms. The maximum atomic E-state index is 13.6. The molecule has 4 aromatic carbocycles. The molecule has 0 radical (unpaired) electrons. The molecule has 0 N–H and O–H groups in total. The fourth-order valence-corrected chi connectivity index (χ4v) is 3.80. The third-order valence-corrected chi connectivity index (χ3v) is 5.25. The van der Waals surface area contributed by atoms with Crippen LogP contribution in [0.1, 0.15) is 0 Å². The molecule has 3 heteroatoms. The zero-order chi connectivity index (χ0) is 21.2. The van der Waals surface area contributed by atoms with Gasteiger partial charge in [-0.1, -0.05) is 60.7 Å². The fourth-order valence-electron chi connectivity index (χ4n) is 3.80. The van der Waals surface area contributed by atoms with Crippen LogP contribution in [-0.2, 0) is 0 Å². The Morgan fingerprint density at radius 1 is 0.387 bits per heavy atom. The van der Waals surface area contributed by atoms with E-state index in [-0.39, 0.29) is 11.6 Å². The van der Waals surface area contributed by atoms with Gasteiger partial charge in [-0.2, -0.15) is 0 Å². The maximum Gasteiger partial charge on any atom is 0.143 e. The van der Waals surface area contributed by atoms with Gasteiger partial charge in [0.1, 0.15) is 23.2 Å². The highest BCUT2D eigenvalue weighted by Gasteiger charge is 2.25. The summed E-state index contributed by atoms with van der Waals surface area (Å²) in [4.78, 5) is 0. The molecule has 0 unspecified atom stereocenters. The van der Waals surface area contributed by atoms with Crippen LogP contribution in [0.3, 0.4) is 0 Å². The highest BCUT2D eigenvalue weighted by molar-refractivity contribution is 5.99. The van der Waals surface area contributed by atoms with Crippen LogP contribution in [0, 0.1) is 11.6 Å². The molecular formula is C28H18F2O. The Kier molecular flexibility index (Phi) is 4.93. The lowest BCUT2D eigenvalue weighted by Gasteiger charge is -2.08. The van der Waals surface area contributed by atoms with Crippen molar-refractivity contribution in [1.82, 2.24) is 0 Å². The van der Waals surface area contributed by atoms with Gasteiger partial charge in [0.15, 0.2) is 0 Å². The first-order chi connectivity index (χ1) is 15.2. The summed E-state index contributed by atoms with van der Waals surface area (Å²) < 4.78 is 33.7. The zero-order valence-electron chi connectivity index (χ0n) is 16.6. The molecule has 1 heterocycles. The SMILES string of the molecule is Fc1ccc(-c2oc(-c3ccc(F)cc3)c(-c3ccccc3)c2-c2ccccc2)cc1. The number of rotatable bonds is 4. The van der Waals surface area contributed by atoms with Crippen LogP contribution in [0.5, 0.6) is 0 Å². The second-order valence-electron chi connectivity index (χ2n) is 7.26. The Morgan fingerprint density at radius 2 is 0.742 bits per heavy atom. The third kappa shape index (κ3) is 3.66. The molecular weight excluding hydrogens is 390 g/mol. The smallest absolute Gasteiger partial charge is 0.143 e. The van der Waals surface area contributed by atoms with E-state index >= 15 is 0 Å². The van der Waals surface area contributed by atoms with Crippen molar-refractivity contribution in [2.75, 3.05) is 0 Å². The summed E-state index contributed by atoms with van der Waals surface area (Å²) in [6.07, 6.45) is 0. The third-order valence-electron chi connectivity index (χ3n) is 5.25. The Bertz CT molecular complexity index is 1200. The molecule has 0 atom stereocenters. The lowest BCUT2D eigenvalue weighted by atomic mass is 9.91. The van der Waals surface area contributed by atoms with Crippen LogP contribution < -0.4 is 0 Å². The van der Waals surface area contributed by atoms with Crippen LogP contribution in [0.2, 0.25) is 0 Å². The Labute approximate surface area is 179 Å². The van der Waals surface area contributed by atoms with Crippen LogP contribution in [-0.4, -0.2) is 0 Å². The van der Waals surface area contributed by atoms with Crippen molar-refractivity contribution in [2.45, 2.75) is 0 Å². The minimum atomic E-state index is -0.307. The molecule has 5 aromatic rings. The average molecular weight is 408 g/mol. The number of benzene rings is 4. The number of halogens is 2. The molecule has 1 nitrogen and oxygen atoms in total. The molecule has 0 bridgehead atoms. The largest absolute Gasteiger partial charge is 0.455 e. The molecule has 0 saturated heterocycles. The molecule has 0 aliphatic heterocycles. The van der Waals surface area contributed by atoms with Crippen molar-refractivity contribution in [3.63, 3.8) is 0 Å². The summed E-state index contributed by atoms with van der Waals surface area (Å²) in [6.45, 7) is 0. The predicted octanol–water partition coefficient (Wildman–Crippen LogP) is 8.23. The van der Waals surface area contributed by atoms with Crippen LogP contribution >= 0.6 is 0 Å². The molecule has 0 fully saturated rings. The second-order valence-corrected chi connectivity index (χ2v) is 7.26. The minimum Gasteiger partial charge on any atom is -0.455 e. The van der Waals surface area contributed by atoms with E-state index in [9.17, 15) is 8.78 Å². The van der Waals surface area contributed by atoms with Gasteiger partial charge in [-0.15, -0.1) is 0 Å². The molecule has 0 amide bonds. The molecule has 0 saturated carbocycles. The number of furan rings is 1. The van der Waals surface area contributed by atoms with Gasteiger partial charge in [0.2, 0.25) is 0 Å². The van der Waals surface area contributed by atoms with E-state index < -0.39 is 0 Å². The Hall–Kier alpha value is -3.98. The van der Waals surface area contributed by atoms with Crippen LogP contribution in [0.15, 0.2) is 114 Å². The van der Waals surface area contributed by atoms with Crippen LogP contribution in [0.25, 0.3) is 44.9 Å². The highest BCUT2D eigenvalue weighted by atomic mass is 19.1. The first kappa shape index (κ1) is 19.0. The maximum absolute atomic E-state index is 13.6. The quantitative estimate of drug-likeness (QED) is 0.292. The van der Waals surface area contributed by atoms with E-state index in [1.54, 1.807) is 24.3 Å². The van der Waals surface area contributed by atoms with E-state index in [2.05, 4.69) is 0 Å². The van der Waals surface area contributed by atoms with Gasteiger partial charge < -0.3 is 4.42 Å². The first-order valence-electron chi connectivity index (χ1n) is 10.0. The fraction of sp³-hybridized carbons (Fsp3) is 0. The monoisotopic (exact) mass is 408 g/mol. The first-order valence-corrected chi connectivity index (χ1v) is 10.0. The lowest BCUT2D eigenvalue weighted by Crippen LogP contribution is -1.86. The second kappa shape index (κ2) is 8.04. The highest BCUT2D eigenvalue weighted by Crippen LogP contribution is 2.48. The van der Waals surface area contributed by atoms with E-state index in [4.69, 9.17) is 4.42 Å². The summed E-state index contributed by atoms with van der Waals surface area (Å²) in [6, 6.07) is 32.5. The van der Waals surface area contributed by atoms with E-state index in [1.807, 2.05) is 60.7 Å². The molecule has 150 valence electrons. The van der Waals surface area contributed by atoms with Gasteiger partial charge in [0.05, 0.1) is 0 Å². The van der Waals surface area contributed by atoms with Crippen molar-refractivity contribution in [3.8, 4) is 44.9 Å². The van der Waals surface area contributed by atoms with Crippen molar-refractivity contribution >= 4 is 0 Å². The van der Waals surface area contributed by atoms with Crippen molar-refractivity contribution in [3.05, 3.63) is 121 Å². The van der Waals surface area contributed by atoms with Gasteiger partial charge in [0, 0.05) is 22.3 Å². The van der Waals surface area contributed by atoms with Crippen molar-refractivity contribution in [1.29, 1.82) is 0 Å². The summed E-state index contributed by atoms with van der Waals surface area (Å²) in [5.74, 6) is 0.672. The number of hydrogen-bond acceptors (Lipinski definition) is 1. The van der Waals surface area contributed by atoms with Gasteiger partial charge in [-0.3, -0.25) is 0 Å². The summed E-state index contributed by atoms with van der Waals surface area (Å²) in [5.41, 5.74) is 5.34. The number of hydrogen-bond donors (Lipinski definition) is 0. The van der Waals surface area contributed by atoms with E-state index in [0.29, 0.717) is 11.5 Å². The normalized spacial score (nSPS) is 10.9. The average Bonchev–Trinajstić information content (AvgIpc) is 3.22. The predicted molar refractivity (Wildman–Crippen MR) is 120 cm³/mol. The molecule has 0 aliphatic rings. The summed E-state index contributed by atoms with van der Waals surface area (Å²) in [5, 5.41) is 0. The standard InChI is InChI=1S/C28H18F2O/c29-23-15-11-21(12-16-23)27-25(19-7-3-1-4-8-19)26(20-9-5-2-6-10-20)28(31-27)22-13-17-24(30)18-14-22/h1-18H. The van der Waals surface area contributed by atoms with Crippen molar-refractivity contribution < 1.29 is 13.2 Å². The zero-order valence-corrected chi connectivity index (χ0v) is 16.6. The van der Waals surface area contributed by atoms with E-state index in [1.165, 1.54) is 24.3 Å². The lowest BCUT2D eigenvalue weighted by molar-refractivity contribution is 0.596. The topological polar surface area (TPSA) is 13.1 Å². The Morgan fingerprint density at radius 3 is 1.10 bits per heavy atom. The van der Waals surface area contributed by atoms with E-state index in [0.717, 1.165) is 33.4 Å². The van der Waals surface area contributed by atoms with Gasteiger partial charge in [0.25, 0.3) is 0 Å². The summed E-state index contributed by atoms with van der Waals surface area (Å²) >= 11 is 0. The summed E-state index contributed by atoms with van der Waals surface area (Å²) in [7, 11) is 0. The van der Waals surface area contributed by atoms with Crippen molar-refractivity contribution in [2.24, 2.45) is 0 Å². The Balaban J connectivity index is 1.87. The van der Waals surface area contributed by atoms with Gasteiger partial charge in [-0.25, -0.2) is 8.78 Å². The van der Waals surface area contributed by atoms with Crippen LogP contribution in [0.4, 0.5) is 8.78 Å². The molecule has 0 aliphatic carbocycles. The van der Waals surface area contributed by atoms with Gasteiger partial charge in [-0.05, 0) is 59.7 Å². The minimum absolute atomic E-state index is 0.307. The molecule has 1 aromatic heterocycles. The van der Waals surface area contributed by atoms with Gasteiger partial charge >= 0.3 is 0 Å². The molecule has 0 spiro atoms. The molecule has 5 rings (SSSR count).